The maximum atomic E-state index is 11.1. The van der Waals surface area contributed by atoms with Gasteiger partial charge in [0, 0.05) is 18.0 Å². The lowest BCUT2D eigenvalue weighted by Gasteiger charge is -2.17. The highest BCUT2D eigenvalue weighted by atomic mass is 16.5. The Balaban J connectivity index is 3.09. The van der Waals surface area contributed by atoms with Crippen molar-refractivity contribution < 1.29 is 9.53 Å². The Morgan fingerprint density at radius 3 is 2.53 bits per heavy atom. The minimum absolute atomic E-state index is 0.0921. The Hall–Kier alpha value is -1.35. The number of Topliss-reactive ketones (excluding diaryl/α,β-unsaturated/α-hetero) is 1. The van der Waals surface area contributed by atoms with Crippen molar-refractivity contribution in [3.8, 4) is 5.75 Å². The number of ether oxygens (including phenoxy) is 1. The van der Waals surface area contributed by atoms with Gasteiger partial charge in [0.1, 0.15) is 11.5 Å². The van der Waals surface area contributed by atoms with Crippen molar-refractivity contribution in [3.05, 3.63) is 29.3 Å². The predicted molar refractivity (Wildman–Crippen MR) is 69.3 cm³/mol. The van der Waals surface area contributed by atoms with Crippen LogP contribution in [0.3, 0.4) is 0 Å². The summed E-state index contributed by atoms with van der Waals surface area (Å²) >= 11 is 0. The Kier molecular flexibility index (Phi) is 4.70. The first-order chi connectivity index (χ1) is 7.95. The molecule has 1 atom stereocenters. The lowest BCUT2D eigenvalue weighted by molar-refractivity contribution is -0.117. The monoisotopic (exact) mass is 235 g/mol. The molecule has 0 aliphatic heterocycles. The average molecular weight is 235 g/mol. The minimum Gasteiger partial charge on any atom is -0.496 e. The van der Waals surface area contributed by atoms with Gasteiger partial charge in [0.2, 0.25) is 0 Å². The van der Waals surface area contributed by atoms with E-state index in [1.54, 1.807) is 14.0 Å². The van der Waals surface area contributed by atoms with Crippen LogP contribution in [-0.2, 0) is 4.79 Å². The van der Waals surface area contributed by atoms with Gasteiger partial charge in [0.25, 0.3) is 0 Å². The van der Waals surface area contributed by atoms with Crippen LogP contribution >= 0.6 is 0 Å². The number of hydrogen-bond acceptors (Lipinski definition) is 3. The summed E-state index contributed by atoms with van der Waals surface area (Å²) in [7, 11) is 1.62. The van der Waals surface area contributed by atoms with E-state index in [0.717, 1.165) is 11.3 Å². The van der Waals surface area contributed by atoms with E-state index in [2.05, 4.69) is 13.8 Å². The van der Waals surface area contributed by atoms with Crippen molar-refractivity contribution in [3.63, 3.8) is 0 Å². The van der Waals surface area contributed by atoms with Gasteiger partial charge >= 0.3 is 0 Å². The summed E-state index contributed by atoms with van der Waals surface area (Å²) in [5.41, 5.74) is 8.16. The normalized spacial score (nSPS) is 12.6. The molecule has 1 aromatic carbocycles. The Bertz CT molecular complexity index is 399. The highest BCUT2D eigenvalue weighted by Crippen LogP contribution is 2.29. The number of ketones is 1. The first kappa shape index (κ1) is 13.7. The third-order valence-corrected chi connectivity index (χ3v) is 2.83. The molecule has 0 saturated heterocycles. The first-order valence-electron chi connectivity index (χ1n) is 5.88. The molecule has 2 N–H and O–H groups in total. The van der Waals surface area contributed by atoms with E-state index >= 15 is 0 Å². The van der Waals surface area contributed by atoms with Gasteiger partial charge in [0.15, 0.2) is 0 Å². The van der Waals surface area contributed by atoms with Gasteiger partial charge in [0.05, 0.1) is 7.11 Å². The zero-order valence-electron chi connectivity index (χ0n) is 11.0. The van der Waals surface area contributed by atoms with Gasteiger partial charge < -0.3 is 10.5 Å². The van der Waals surface area contributed by atoms with E-state index < -0.39 is 0 Å². The van der Waals surface area contributed by atoms with Gasteiger partial charge in [-0.3, -0.25) is 4.79 Å². The number of methoxy groups -OCH3 is 1. The molecule has 94 valence electrons. The molecule has 3 heteroatoms. The number of rotatable bonds is 5. The number of nitrogens with two attached hydrogens (primary N) is 1. The molecule has 0 heterocycles. The zero-order valence-corrected chi connectivity index (χ0v) is 11.0. The summed E-state index contributed by atoms with van der Waals surface area (Å²) in [6.45, 7) is 5.81. The standard InChI is InChI=1S/C14H21NO2/c1-9(2)11-5-6-14(17-4)12(8-11)13(15)7-10(3)16/h5-6,8-9,13H,7,15H2,1-4H3. The molecule has 0 aliphatic rings. The largest absolute Gasteiger partial charge is 0.496 e. The summed E-state index contributed by atoms with van der Waals surface area (Å²) < 4.78 is 5.29. The van der Waals surface area contributed by atoms with Gasteiger partial charge in [-0.2, -0.15) is 0 Å². The van der Waals surface area contributed by atoms with Crippen LogP contribution in [0.5, 0.6) is 5.75 Å². The van der Waals surface area contributed by atoms with Crippen molar-refractivity contribution >= 4 is 5.78 Å². The fourth-order valence-electron chi connectivity index (χ4n) is 1.82. The quantitative estimate of drug-likeness (QED) is 0.853. The van der Waals surface area contributed by atoms with Crippen LogP contribution in [-0.4, -0.2) is 12.9 Å². The molecular formula is C14H21NO2. The lowest BCUT2D eigenvalue weighted by atomic mass is 9.95. The molecule has 1 rings (SSSR count). The molecular weight excluding hydrogens is 214 g/mol. The molecule has 0 bridgehead atoms. The van der Waals surface area contributed by atoms with Crippen LogP contribution in [0.15, 0.2) is 18.2 Å². The van der Waals surface area contributed by atoms with E-state index in [1.807, 2.05) is 18.2 Å². The average Bonchev–Trinajstić information content (AvgIpc) is 2.27. The molecule has 17 heavy (non-hydrogen) atoms. The topological polar surface area (TPSA) is 52.3 Å². The minimum atomic E-state index is -0.291. The maximum Gasteiger partial charge on any atom is 0.131 e. The second-order valence-corrected chi connectivity index (χ2v) is 4.67. The second kappa shape index (κ2) is 5.82. The fourth-order valence-corrected chi connectivity index (χ4v) is 1.82. The summed E-state index contributed by atoms with van der Waals surface area (Å²) in [5, 5.41) is 0. The molecule has 1 unspecified atom stereocenters. The molecule has 0 fully saturated rings. The third kappa shape index (κ3) is 3.56. The molecule has 0 amide bonds. The number of carbonyl (C=O) groups is 1. The lowest BCUT2D eigenvalue weighted by Crippen LogP contribution is -2.15. The maximum absolute atomic E-state index is 11.1. The Labute approximate surface area is 103 Å². The molecule has 1 aromatic rings. The highest BCUT2D eigenvalue weighted by molar-refractivity contribution is 5.76. The molecule has 0 spiro atoms. The number of hydrogen-bond donors (Lipinski definition) is 1. The van der Waals surface area contributed by atoms with Crippen molar-refractivity contribution in [1.82, 2.24) is 0 Å². The van der Waals surface area contributed by atoms with Crippen LogP contribution in [0.4, 0.5) is 0 Å². The Morgan fingerprint density at radius 1 is 1.41 bits per heavy atom. The number of benzene rings is 1. The molecule has 0 aromatic heterocycles. The van der Waals surface area contributed by atoms with Crippen molar-refractivity contribution in [1.29, 1.82) is 0 Å². The van der Waals surface area contributed by atoms with Gasteiger partial charge in [-0.15, -0.1) is 0 Å². The molecule has 0 saturated carbocycles. The third-order valence-electron chi connectivity index (χ3n) is 2.83. The van der Waals surface area contributed by atoms with E-state index in [4.69, 9.17) is 10.5 Å². The summed E-state index contributed by atoms with van der Waals surface area (Å²) in [5.74, 6) is 1.28. The van der Waals surface area contributed by atoms with Gasteiger partial charge in [-0.25, -0.2) is 0 Å². The molecule has 0 aliphatic carbocycles. The summed E-state index contributed by atoms with van der Waals surface area (Å²) in [4.78, 5) is 11.1. The van der Waals surface area contributed by atoms with Crippen molar-refractivity contribution in [2.24, 2.45) is 5.73 Å². The summed E-state index contributed by atoms with van der Waals surface area (Å²) in [6.07, 6.45) is 0.345. The first-order valence-corrected chi connectivity index (χ1v) is 5.88. The molecule has 0 radical (unpaired) electrons. The van der Waals surface area contributed by atoms with E-state index in [1.165, 1.54) is 5.56 Å². The van der Waals surface area contributed by atoms with E-state index in [9.17, 15) is 4.79 Å². The van der Waals surface area contributed by atoms with Crippen molar-refractivity contribution in [2.45, 2.75) is 39.2 Å². The van der Waals surface area contributed by atoms with Crippen LogP contribution in [0.2, 0.25) is 0 Å². The van der Waals surface area contributed by atoms with Crippen LogP contribution < -0.4 is 10.5 Å². The summed E-state index contributed by atoms with van der Waals surface area (Å²) in [6, 6.07) is 5.70. The van der Waals surface area contributed by atoms with Gasteiger partial charge in [-0.1, -0.05) is 26.0 Å². The Morgan fingerprint density at radius 2 is 2.06 bits per heavy atom. The SMILES string of the molecule is COc1ccc(C(C)C)cc1C(N)CC(C)=O. The predicted octanol–water partition coefficient (Wildman–Crippen LogP) is 2.80. The van der Waals surface area contributed by atoms with Gasteiger partial charge in [-0.05, 0) is 24.5 Å². The van der Waals surface area contributed by atoms with Crippen LogP contribution in [0.25, 0.3) is 0 Å². The van der Waals surface area contributed by atoms with E-state index in [-0.39, 0.29) is 11.8 Å². The van der Waals surface area contributed by atoms with Crippen molar-refractivity contribution in [2.75, 3.05) is 7.11 Å². The van der Waals surface area contributed by atoms with Crippen LogP contribution in [0, 0.1) is 0 Å². The second-order valence-electron chi connectivity index (χ2n) is 4.67. The number of carbonyl (C=O) groups excluding carboxylic acids is 1. The smallest absolute Gasteiger partial charge is 0.131 e. The zero-order chi connectivity index (χ0) is 13.0. The van der Waals surface area contributed by atoms with Crippen LogP contribution in [0.1, 0.15) is 50.3 Å². The fraction of sp³-hybridized carbons (Fsp3) is 0.500. The molecule has 3 nitrogen and oxygen atoms in total. The highest BCUT2D eigenvalue weighted by Gasteiger charge is 2.15. The van der Waals surface area contributed by atoms with E-state index in [0.29, 0.717) is 12.3 Å².